The predicted molar refractivity (Wildman–Crippen MR) is 71.4 cm³/mol. The molecular formula is C15H18N2O2. The first-order chi connectivity index (χ1) is 9.19. The van der Waals surface area contributed by atoms with E-state index in [0.29, 0.717) is 11.6 Å². The second-order valence-corrected chi connectivity index (χ2v) is 5.08. The lowest BCUT2D eigenvalue weighted by Gasteiger charge is -2.27. The Hall–Kier alpha value is -1.86. The Bertz CT molecular complexity index is 468. The maximum atomic E-state index is 10.9. The number of nitrogens with one attached hydrogen (secondary N) is 1. The largest absolute Gasteiger partial charge is 0.481 e. The van der Waals surface area contributed by atoms with Gasteiger partial charge in [-0.1, -0.05) is 12.1 Å². The fourth-order valence-corrected chi connectivity index (χ4v) is 2.50. The van der Waals surface area contributed by atoms with Gasteiger partial charge in [0.2, 0.25) is 0 Å². The fourth-order valence-electron chi connectivity index (χ4n) is 2.50. The van der Waals surface area contributed by atoms with E-state index in [0.717, 1.165) is 37.8 Å². The maximum absolute atomic E-state index is 10.9. The minimum atomic E-state index is -0.662. The number of hydrogen-bond donors (Lipinski definition) is 2. The van der Waals surface area contributed by atoms with E-state index in [1.54, 1.807) is 0 Å². The zero-order valence-electron chi connectivity index (χ0n) is 10.8. The summed E-state index contributed by atoms with van der Waals surface area (Å²) in [5.41, 5.74) is 1.82. The molecule has 2 N–H and O–H groups in total. The molecule has 0 unspecified atom stereocenters. The van der Waals surface area contributed by atoms with Crippen LogP contribution in [0.3, 0.4) is 0 Å². The highest BCUT2D eigenvalue weighted by Gasteiger charge is 2.25. The number of benzene rings is 1. The molecule has 0 spiro atoms. The lowest BCUT2D eigenvalue weighted by molar-refractivity contribution is -0.142. The molecule has 1 aliphatic rings. The summed E-state index contributed by atoms with van der Waals surface area (Å²) < 4.78 is 0. The van der Waals surface area contributed by atoms with Gasteiger partial charge in [0, 0.05) is 12.6 Å². The number of rotatable bonds is 4. The number of carboxylic acid groups (broad SMARTS) is 1. The highest BCUT2D eigenvalue weighted by atomic mass is 16.4. The average Bonchev–Trinajstić information content (AvgIpc) is 2.46. The van der Waals surface area contributed by atoms with Crippen LogP contribution in [0.5, 0.6) is 0 Å². The molecule has 2 rings (SSSR count). The van der Waals surface area contributed by atoms with E-state index >= 15 is 0 Å². The number of hydrogen-bond acceptors (Lipinski definition) is 3. The van der Waals surface area contributed by atoms with Gasteiger partial charge in [0.05, 0.1) is 17.6 Å². The number of nitrogens with zero attached hydrogens (tertiary/aromatic N) is 1. The Balaban J connectivity index is 1.77. The third-order valence-electron chi connectivity index (χ3n) is 3.75. The molecule has 0 atom stereocenters. The molecule has 1 aromatic carbocycles. The SMILES string of the molecule is N#Cc1ccc(CNC2CCC(C(=O)O)CC2)cc1. The topological polar surface area (TPSA) is 73.1 Å². The minimum absolute atomic E-state index is 0.159. The molecule has 100 valence electrons. The molecular weight excluding hydrogens is 240 g/mol. The molecule has 0 saturated heterocycles. The summed E-state index contributed by atoms with van der Waals surface area (Å²) in [7, 11) is 0. The first-order valence-electron chi connectivity index (χ1n) is 6.64. The van der Waals surface area contributed by atoms with Gasteiger partial charge in [0.1, 0.15) is 0 Å². The average molecular weight is 258 g/mol. The Morgan fingerprint density at radius 2 is 1.89 bits per heavy atom. The Morgan fingerprint density at radius 1 is 1.26 bits per heavy atom. The molecule has 0 radical (unpaired) electrons. The molecule has 0 bridgehead atoms. The highest BCUT2D eigenvalue weighted by molar-refractivity contribution is 5.70. The lowest BCUT2D eigenvalue weighted by atomic mass is 9.86. The van der Waals surface area contributed by atoms with E-state index in [-0.39, 0.29) is 5.92 Å². The van der Waals surface area contributed by atoms with Crippen molar-refractivity contribution >= 4 is 5.97 Å². The van der Waals surface area contributed by atoms with Gasteiger partial charge >= 0.3 is 5.97 Å². The van der Waals surface area contributed by atoms with Gasteiger partial charge in [-0.05, 0) is 43.4 Å². The van der Waals surface area contributed by atoms with Crippen molar-refractivity contribution in [2.24, 2.45) is 5.92 Å². The van der Waals surface area contributed by atoms with Gasteiger partial charge in [-0.2, -0.15) is 5.26 Å². The molecule has 4 nitrogen and oxygen atoms in total. The van der Waals surface area contributed by atoms with Crippen LogP contribution in [-0.4, -0.2) is 17.1 Å². The van der Waals surface area contributed by atoms with Crippen LogP contribution >= 0.6 is 0 Å². The van der Waals surface area contributed by atoms with Crippen LogP contribution in [0.4, 0.5) is 0 Å². The molecule has 1 aliphatic carbocycles. The van der Waals surface area contributed by atoms with Gasteiger partial charge < -0.3 is 10.4 Å². The second kappa shape index (κ2) is 6.35. The van der Waals surface area contributed by atoms with E-state index < -0.39 is 5.97 Å². The van der Waals surface area contributed by atoms with Gasteiger partial charge in [0.25, 0.3) is 0 Å². The molecule has 0 amide bonds. The van der Waals surface area contributed by atoms with Crippen molar-refractivity contribution in [1.82, 2.24) is 5.32 Å². The summed E-state index contributed by atoms with van der Waals surface area (Å²) in [5.74, 6) is -0.821. The summed E-state index contributed by atoms with van der Waals surface area (Å²) in [5, 5.41) is 21.1. The summed E-state index contributed by atoms with van der Waals surface area (Å²) in [6.07, 6.45) is 3.38. The van der Waals surface area contributed by atoms with Crippen LogP contribution in [0.15, 0.2) is 24.3 Å². The van der Waals surface area contributed by atoms with E-state index in [4.69, 9.17) is 10.4 Å². The van der Waals surface area contributed by atoms with E-state index in [1.807, 2.05) is 24.3 Å². The summed E-state index contributed by atoms with van der Waals surface area (Å²) in [6, 6.07) is 10.0. The van der Waals surface area contributed by atoms with Crippen molar-refractivity contribution in [3.8, 4) is 6.07 Å². The number of carbonyl (C=O) groups is 1. The molecule has 0 heterocycles. The van der Waals surface area contributed by atoms with E-state index in [2.05, 4.69) is 11.4 Å². The van der Waals surface area contributed by atoms with Crippen molar-refractivity contribution in [1.29, 1.82) is 5.26 Å². The number of carboxylic acids is 1. The predicted octanol–water partition coefficient (Wildman–Crippen LogP) is 2.29. The molecule has 1 aromatic rings. The van der Waals surface area contributed by atoms with Crippen LogP contribution in [-0.2, 0) is 11.3 Å². The molecule has 1 fully saturated rings. The monoisotopic (exact) mass is 258 g/mol. The van der Waals surface area contributed by atoms with Gasteiger partial charge in [-0.25, -0.2) is 0 Å². The van der Waals surface area contributed by atoms with Crippen molar-refractivity contribution < 1.29 is 9.90 Å². The van der Waals surface area contributed by atoms with Gasteiger partial charge in [0.15, 0.2) is 0 Å². The quantitative estimate of drug-likeness (QED) is 0.869. The number of nitriles is 1. The molecule has 1 saturated carbocycles. The zero-order chi connectivity index (χ0) is 13.7. The molecule has 0 aliphatic heterocycles. The van der Waals surface area contributed by atoms with Crippen molar-refractivity contribution in [3.05, 3.63) is 35.4 Å². The molecule has 19 heavy (non-hydrogen) atoms. The van der Waals surface area contributed by atoms with Crippen LogP contribution in [0.25, 0.3) is 0 Å². The highest BCUT2D eigenvalue weighted by Crippen LogP contribution is 2.24. The van der Waals surface area contributed by atoms with E-state index in [1.165, 1.54) is 0 Å². The smallest absolute Gasteiger partial charge is 0.306 e. The first kappa shape index (κ1) is 13.6. The third-order valence-corrected chi connectivity index (χ3v) is 3.75. The number of aliphatic carboxylic acids is 1. The van der Waals surface area contributed by atoms with Crippen molar-refractivity contribution in [3.63, 3.8) is 0 Å². The molecule has 4 heteroatoms. The van der Waals surface area contributed by atoms with E-state index in [9.17, 15) is 4.79 Å². The summed E-state index contributed by atoms with van der Waals surface area (Å²) >= 11 is 0. The lowest BCUT2D eigenvalue weighted by Crippen LogP contribution is -2.34. The Labute approximate surface area is 113 Å². The maximum Gasteiger partial charge on any atom is 0.306 e. The summed E-state index contributed by atoms with van der Waals surface area (Å²) in [6.45, 7) is 0.772. The first-order valence-corrected chi connectivity index (χ1v) is 6.64. The van der Waals surface area contributed by atoms with Crippen LogP contribution < -0.4 is 5.32 Å². The standard InChI is InChI=1S/C15H18N2O2/c16-9-11-1-3-12(4-2-11)10-17-14-7-5-13(6-8-14)15(18)19/h1-4,13-14,17H,5-8,10H2,(H,18,19). The third kappa shape index (κ3) is 3.80. The van der Waals surface area contributed by atoms with Gasteiger partial charge in [-0.3, -0.25) is 4.79 Å². The van der Waals surface area contributed by atoms with Crippen LogP contribution in [0.2, 0.25) is 0 Å². The summed E-state index contributed by atoms with van der Waals surface area (Å²) in [4.78, 5) is 10.9. The van der Waals surface area contributed by atoms with Gasteiger partial charge in [-0.15, -0.1) is 0 Å². The minimum Gasteiger partial charge on any atom is -0.481 e. The van der Waals surface area contributed by atoms with Crippen molar-refractivity contribution in [2.45, 2.75) is 38.3 Å². The zero-order valence-corrected chi connectivity index (χ0v) is 10.8. The fraction of sp³-hybridized carbons (Fsp3) is 0.467. The Kier molecular flexibility index (Phi) is 4.53. The van der Waals surface area contributed by atoms with Crippen LogP contribution in [0.1, 0.15) is 36.8 Å². The van der Waals surface area contributed by atoms with Crippen molar-refractivity contribution in [2.75, 3.05) is 0 Å². The second-order valence-electron chi connectivity index (χ2n) is 5.08. The molecule has 0 aromatic heterocycles. The van der Waals surface area contributed by atoms with Crippen LogP contribution in [0, 0.1) is 17.2 Å². The normalized spacial score (nSPS) is 22.7. The Morgan fingerprint density at radius 3 is 2.42 bits per heavy atom.